The molecule has 0 atom stereocenters. The van der Waals surface area contributed by atoms with Gasteiger partial charge in [-0.15, -0.1) is 12.4 Å². The van der Waals surface area contributed by atoms with Crippen molar-refractivity contribution in [3.8, 4) is 0 Å². The quantitative estimate of drug-likeness (QED) is 0.202. The summed E-state index contributed by atoms with van der Waals surface area (Å²) < 4.78 is 0.447. The number of nitrogens with two attached hydrogens (primary N) is 1. The van der Waals surface area contributed by atoms with Crippen molar-refractivity contribution in [2.45, 2.75) is 0 Å². The van der Waals surface area contributed by atoms with E-state index >= 15 is 0 Å². The fraction of sp³-hybridized carbons (Fsp3) is 0. The molecule has 0 saturated carbocycles. The molecule has 1 aromatic heterocycles. The number of nitrogens with zero attached hydrogens (tertiary/aromatic N) is 1. The Morgan fingerprint density at radius 1 is 1.58 bits per heavy atom. The second-order valence-corrected chi connectivity index (χ2v) is 1.89. The Labute approximate surface area is 75.1 Å². The molecule has 0 spiro atoms. The fourth-order valence-corrected chi connectivity index (χ4v) is 0.678. The molecule has 0 saturated heterocycles. The smallest absolute Gasteiger partial charge is 0.331 e. The predicted octanol–water partition coefficient (Wildman–Crippen LogP) is -0.655. The highest BCUT2D eigenvalue weighted by atomic mass is 35.5. The van der Waals surface area contributed by atoms with Crippen molar-refractivity contribution >= 4 is 18.3 Å². The van der Waals surface area contributed by atoms with E-state index in [1.54, 1.807) is 6.07 Å². The predicted molar refractivity (Wildman–Crippen MR) is 44.3 cm³/mol. The number of hydrogen-bond acceptors (Lipinski definition) is 3. The van der Waals surface area contributed by atoms with Gasteiger partial charge in [0.05, 0.1) is 0 Å². The third-order valence-electron chi connectivity index (χ3n) is 1.19. The van der Waals surface area contributed by atoms with Crippen LogP contribution in [0.15, 0.2) is 24.4 Å². The Kier molecular flexibility index (Phi) is 4.03. The van der Waals surface area contributed by atoms with Gasteiger partial charge in [-0.25, -0.2) is 5.84 Å². The summed E-state index contributed by atoms with van der Waals surface area (Å²) in [4.78, 5) is 10.8. The Morgan fingerprint density at radius 2 is 2.25 bits per heavy atom. The summed E-state index contributed by atoms with van der Waals surface area (Å²) >= 11 is 0. The van der Waals surface area contributed by atoms with Crippen LogP contribution in [0.3, 0.4) is 0 Å². The maximum absolute atomic E-state index is 10.8. The first-order chi connectivity index (χ1) is 5.25. The molecule has 1 heterocycles. The summed E-state index contributed by atoms with van der Waals surface area (Å²) in [5, 5.41) is 10.8. The number of hydrazine groups is 1. The largest absolute Gasteiger partial charge is 0.618 e. The van der Waals surface area contributed by atoms with Crippen LogP contribution in [-0.4, -0.2) is 5.91 Å². The summed E-state index contributed by atoms with van der Waals surface area (Å²) in [5.41, 5.74) is 1.84. The molecule has 0 radical (unpaired) electrons. The van der Waals surface area contributed by atoms with Crippen LogP contribution in [0, 0.1) is 5.21 Å². The van der Waals surface area contributed by atoms with E-state index in [0.29, 0.717) is 4.73 Å². The molecular weight excluding hydrogens is 182 g/mol. The lowest BCUT2D eigenvalue weighted by Gasteiger charge is -2.00. The molecule has 3 N–H and O–H groups in total. The highest BCUT2D eigenvalue weighted by molar-refractivity contribution is 5.90. The molecule has 12 heavy (non-hydrogen) atoms. The van der Waals surface area contributed by atoms with E-state index in [9.17, 15) is 10.0 Å². The van der Waals surface area contributed by atoms with E-state index in [2.05, 4.69) is 0 Å². The van der Waals surface area contributed by atoms with Gasteiger partial charge in [0.2, 0.25) is 0 Å². The molecule has 1 rings (SSSR count). The summed E-state index contributed by atoms with van der Waals surface area (Å²) in [7, 11) is 0. The zero-order valence-corrected chi connectivity index (χ0v) is 6.88. The van der Waals surface area contributed by atoms with Crippen LogP contribution >= 0.6 is 12.4 Å². The van der Waals surface area contributed by atoms with Gasteiger partial charge in [-0.2, -0.15) is 4.73 Å². The summed E-state index contributed by atoms with van der Waals surface area (Å²) in [6.07, 6.45) is 1.23. The van der Waals surface area contributed by atoms with Crippen molar-refractivity contribution in [3.63, 3.8) is 0 Å². The highest BCUT2D eigenvalue weighted by Gasteiger charge is 2.11. The van der Waals surface area contributed by atoms with Crippen LogP contribution in [0.5, 0.6) is 0 Å². The van der Waals surface area contributed by atoms with Gasteiger partial charge in [-0.05, 0) is 6.07 Å². The van der Waals surface area contributed by atoms with Crippen LogP contribution in [0.1, 0.15) is 10.5 Å². The maximum atomic E-state index is 10.8. The Morgan fingerprint density at radius 3 is 2.75 bits per heavy atom. The molecule has 0 unspecified atom stereocenters. The van der Waals surface area contributed by atoms with Gasteiger partial charge in [-0.1, -0.05) is 0 Å². The van der Waals surface area contributed by atoms with Gasteiger partial charge >= 0.3 is 5.91 Å². The molecule has 0 bridgehead atoms. The lowest BCUT2D eigenvalue weighted by Crippen LogP contribution is -2.41. The highest BCUT2D eigenvalue weighted by Crippen LogP contribution is 1.88. The summed E-state index contributed by atoms with van der Waals surface area (Å²) in [6.45, 7) is 0. The molecule has 0 aliphatic carbocycles. The number of nitrogen functional groups attached to an aromatic ring is 1. The second-order valence-electron chi connectivity index (χ2n) is 1.89. The first-order valence-electron chi connectivity index (χ1n) is 2.95. The van der Waals surface area contributed by atoms with Crippen LogP contribution in [0.2, 0.25) is 0 Å². The lowest BCUT2D eigenvalue weighted by atomic mass is 10.3. The average molecular weight is 190 g/mol. The van der Waals surface area contributed by atoms with Crippen LogP contribution < -0.4 is 16.0 Å². The number of pyridine rings is 1. The molecule has 66 valence electrons. The van der Waals surface area contributed by atoms with Crippen molar-refractivity contribution in [1.82, 2.24) is 5.43 Å². The van der Waals surface area contributed by atoms with Crippen molar-refractivity contribution in [1.29, 1.82) is 0 Å². The topological polar surface area (TPSA) is 82.1 Å². The Bertz CT molecular complexity index is 279. The van der Waals surface area contributed by atoms with Crippen LogP contribution in [0.25, 0.3) is 0 Å². The van der Waals surface area contributed by atoms with Crippen molar-refractivity contribution < 1.29 is 9.52 Å². The second kappa shape index (κ2) is 4.53. The Hall–Kier alpha value is -1.33. The number of nitrogens with one attached hydrogen (secondary N) is 1. The number of halogens is 1. The Balaban J connectivity index is 0.00000121. The molecular formula is C6H8ClN3O2. The molecule has 6 heteroatoms. The number of rotatable bonds is 1. The van der Waals surface area contributed by atoms with Gasteiger partial charge in [0.25, 0.3) is 5.69 Å². The average Bonchev–Trinajstić information content (AvgIpc) is 2.04. The minimum Gasteiger partial charge on any atom is -0.618 e. The number of carbonyl (C=O) groups excluding carboxylic acids is 1. The van der Waals surface area contributed by atoms with E-state index in [0.717, 1.165) is 0 Å². The minimum atomic E-state index is -0.597. The van der Waals surface area contributed by atoms with Crippen LogP contribution in [-0.2, 0) is 0 Å². The monoisotopic (exact) mass is 189 g/mol. The van der Waals surface area contributed by atoms with Gasteiger partial charge in [0.15, 0.2) is 6.20 Å². The van der Waals surface area contributed by atoms with Crippen molar-refractivity contribution in [2.75, 3.05) is 0 Å². The minimum absolute atomic E-state index is 0. The van der Waals surface area contributed by atoms with Gasteiger partial charge in [0.1, 0.15) is 0 Å². The summed E-state index contributed by atoms with van der Waals surface area (Å²) in [6, 6.07) is 4.49. The molecule has 0 aliphatic rings. The number of hydrogen-bond donors (Lipinski definition) is 2. The molecule has 0 fully saturated rings. The zero-order chi connectivity index (χ0) is 8.27. The molecule has 1 aromatic rings. The van der Waals surface area contributed by atoms with Gasteiger partial charge in [-0.3, -0.25) is 10.2 Å². The first kappa shape index (κ1) is 10.7. The number of carbonyl (C=O) groups is 1. The van der Waals surface area contributed by atoms with E-state index in [-0.39, 0.29) is 18.1 Å². The zero-order valence-electron chi connectivity index (χ0n) is 6.06. The van der Waals surface area contributed by atoms with Gasteiger partial charge < -0.3 is 5.21 Å². The molecule has 0 aliphatic heterocycles. The van der Waals surface area contributed by atoms with E-state index < -0.39 is 5.91 Å². The van der Waals surface area contributed by atoms with E-state index in [1.165, 1.54) is 18.3 Å². The lowest BCUT2D eigenvalue weighted by molar-refractivity contribution is -0.607. The van der Waals surface area contributed by atoms with E-state index in [4.69, 9.17) is 5.84 Å². The molecule has 1 amide bonds. The molecule has 0 aromatic carbocycles. The third-order valence-corrected chi connectivity index (χ3v) is 1.19. The van der Waals surface area contributed by atoms with Gasteiger partial charge in [0, 0.05) is 12.1 Å². The van der Waals surface area contributed by atoms with Crippen molar-refractivity contribution in [3.05, 3.63) is 35.3 Å². The van der Waals surface area contributed by atoms with E-state index in [1.807, 2.05) is 5.43 Å². The summed E-state index contributed by atoms with van der Waals surface area (Å²) in [5.74, 6) is 4.22. The number of aromatic nitrogens is 1. The SMILES string of the molecule is Cl.NNC(=O)c1cccc[n+]1[O-]. The van der Waals surface area contributed by atoms with Crippen molar-refractivity contribution in [2.24, 2.45) is 5.84 Å². The first-order valence-corrected chi connectivity index (χ1v) is 2.95. The van der Waals surface area contributed by atoms with Crippen LogP contribution in [0.4, 0.5) is 0 Å². The fourth-order valence-electron chi connectivity index (χ4n) is 0.678. The molecule has 5 nitrogen and oxygen atoms in total. The standard InChI is InChI=1S/C6H7N3O2.ClH/c7-8-6(10)5-3-1-2-4-9(5)11;/h1-4H,7H2,(H,8,10);1H. The third kappa shape index (κ3) is 2.08. The maximum Gasteiger partial charge on any atom is 0.331 e. The number of amides is 1. The normalized spacial score (nSPS) is 8.42.